The molecule has 1 aromatic carbocycles. The third-order valence-corrected chi connectivity index (χ3v) is 3.24. The van der Waals surface area contributed by atoms with Crippen LogP contribution in [0.5, 0.6) is 11.6 Å². The molecule has 0 radical (unpaired) electrons. The van der Waals surface area contributed by atoms with Crippen molar-refractivity contribution >= 4 is 0 Å². The molecule has 0 saturated heterocycles. The summed E-state index contributed by atoms with van der Waals surface area (Å²) < 4.78 is 5.82. The molecular weight excluding hydrogens is 260 g/mol. The van der Waals surface area contributed by atoms with Crippen molar-refractivity contribution in [3.05, 3.63) is 53.7 Å². The van der Waals surface area contributed by atoms with Crippen LogP contribution in [0.2, 0.25) is 0 Å². The lowest BCUT2D eigenvalue weighted by atomic mass is 10.1. The third-order valence-electron chi connectivity index (χ3n) is 3.24. The number of hydrogen-bond donors (Lipinski definition) is 1. The molecule has 0 atom stereocenters. The number of ether oxygens (including phenoxy) is 1. The third kappa shape index (κ3) is 5.20. The maximum atomic E-state index is 5.82. The van der Waals surface area contributed by atoms with Crippen LogP contribution < -0.4 is 10.1 Å². The van der Waals surface area contributed by atoms with Gasteiger partial charge in [0.15, 0.2) is 0 Å². The van der Waals surface area contributed by atoms with E-state index in [1.54, 1.807) is 6.20 Å². The minimum Gasteiger partial charge on any atom is -0.439 e. The summed E-state index contributed by atoms with van der Waals surface area (Å²) >= 11 is 0. The molecule has 0 fully saturated rings. The molecule has 0 amide bonds. The van der Waals surface area contributed by atoms with Gasteiger partial charge in [0.2, 0.25) is 5.88 Å². The number of aryl methyl sites for hydroxylation is 1. The number of nitrogens with zero attached hydrogens (tertiary/aromatic N) is 1. The lowest BCUT2D eigenvalue weighted by molar-refractivity contribution is 0.461. The Morgan fingerprint density at radius 1 is 1.00 bits per heavy atom. The Morgan fingerprint density at radius 3 is 2.52 bits per heavy atom. The molecule has 2 rings (SSSR count). The summed E-state index contributed by atoms with van der Waals surface area (Å²) in [5.41, 5.74) is 2.53. The SMILES string of the molecule is CCCNCc1ccnc(Oc2ccc(CCC)cc2)c1. The summed E-state index contributed by atoms with van der Waals surface area (Å²) in [6.07, 6.45) is 5.20. The Bertz CT molecular complexity index is 537. The number of nitrogens with one attached hydrogen (secondary N) is 1. The summed E-state index contributed by atoms with van der Waals surface area (Å²) in [5.74, 6) is 1.48. The van der Waals surface area contributed by atoms with Crippen molar-refractivity contribution in [2.24, 2.45) is 0 Å². The van der Waals surface area contributed by atoms with Crippen molar-refractivity contribution in [2.45, 2.75) is 39.7 Å². The van der Waals surface area contributed by atoms with Crippen LogP contribution in [0.25, 0.3) is 0 Å². The minimum absolute atomic E-state index is 0.647. The van der Waals surface area contributed by atoms with Crippen LogP contribution in [0.1, 0.15) is 37.8 Å². The van der Waals surface area contributed by atoms with Gasteiger partial charge in [0.25, 0.3) is 0 Å². The number of hydrogen-bond acceptors (Lipinski definition) is 3. The highest BCUT2D eigenvalue weighted by molar-refractivity contribution is 5.31. The molecule has 21 heavy (non-hydrogen) atoms. The Balaban J connectivity index is 1.96. The van der Waals surface area contributed by atoms with Crippen LogP contribution in [0.15, 0.2) is 42.6 Å². The number of benzene rings is 1. The maximum absolute atomic E-state index is 5.82. The summed E-state index contributed by atoms with van der Waals surface area (Å²) in [6.45, 7) is 6.22. The second-order valence-electron chi connectivity index (χ2n) is 5.18. The van der Waals surface area contributed by atoms with Gasteiger partial charge < -0.3 is 10.1 Å². The van der Waals surface area contributed by atoms with Gasteiger partial charge in [0.05, 0.1) is 0 Å². The summed E-state index contributed by atoms with van der Waals surface area (Å²) in [6, 6.07) is 12.3. The first-order chi connectivity index (χ1) is 10.3. The van der Waals surface area contributed by atoms with Gasteiger partial charge >= 0.3 is 0 Å². The number of rotatable bonds is 8. The Hall–Kier alpha value is -1.87. The number of aromatic nitrogens is 1. The standard InChI is InChI=1S/C18H24N2O/c1-3-5-15-6-8-17(9-7-15)21-18-13-16(10-12-20-18)14-19-11-4-2/h6-10,12-13,19H,3-5,11,14H2,1-2H3. The first-order valence-electron chi connectivity index (χ1n) is 7.74. The van der Waals surface area contributed by atoms with Crippen molar-refractivity contribution in [3.63, 3.8) is 0 Å². The maximum Gasteiger partial charge on any atom is 0.219 e. The van der Waals surface area contributed by atoms with E-state index in [0.717, 1.165) is 38.1 Å². The summed E-state index contributed by atoms with van der Waals surface area (Å²) in [7, 11) is 0. The molecule has 0 unspecified atom stereocenters. The van der Waals surface area contributed by atoms with E-state index in [1.165, 1.54) is 11.1 Å². The molecule has 112 valence electrons. The van der Waals surface area contributed by atoms with E-state index in [4.69, 9.17) is 4.74 Å². The van der Waals surface area contributed by atoms with Crippen LogP contribution in [0.4, 0.5) is 0 Å². The van der Waals surface area contributed by atoms with E-state index in [1.807, 2.05) is 24.3 Å². The molecule has 0 bridgehead atoms. The fraction of sp³-hybridized carbons (Fsp3) is 0.389. The fourth-order valence-corrected chi connectivity index (χ4v) is 2.16. The molecule has 0 aliphatic rings. The largest absolute Gasteiger partial charge is 0.439 e. The fourth-order valence-electron chi connectivity index (χ4n) is 2.16. The zero-order valence-electron chi connectivity index (χ0n) is 12.9. The molecule has 0 aliphatic carbocycles. The molecular formula is C18H24N2O. The van der Waals surface area contributed by atoms with Gasteiger partial charge in [0.1, 0.15) is 5.75 Å². The second-order valence-corrected chi connectivity index (χ2v) is 5.18. The Labute approximate surface area is 127 Å². The van der Waals surface area contributed by atoms with E-state index < -0.39 is 0 Å². The normalized spacial score (nSPS) is 10.6. The molecule has 1 aromatic heterocycles. The van der Waals surface area contributed by atoms with Gasteiger partial charge in [-0.15, -0.1) is 0 Å². The van der Waals surface area contributed by atoms with Gasteiger partial charge in [-0.2, -0.15) is 0 Å². The first-order valence-corrected chi connectivity index (χ1v) is 7.74. The molecule has 2 aromatic rings. The Kier molecular flexibility index (Phi) is 6.22. The van der Waals surface area contributed by atoms with Gasteiger partial charge in [-0.05, 0) is 48.7 Å². The van der Waals surface area contributed by atoms with Crippen LogP contribution in [-0.2, 0) is 13.0 Å². The molecule has 0 aliphatic heterocycles. The molecule has 0 saturated carbocycles. The predicted octanol–water partition coefficient (Wildman–Crippen LogP) is 4.33. The highest BCUT2D eigenvalue weighted by Crippen LogP contribution is 2.21. The van der Waals surface area contributed by atoms with Crippen LogP contribution in [0.3, 0.4) is 0 Å². The van der Waals surface area contributed by atoms with Crippen LogP contribution in [-0.4, -0.2) is 11.5 Å². The second kappa shape index (κ2) is 8.42. The Morgan fingerprint density at radius 2 is 1.81 bits per heavy atom. The molecule has 3 nitrogen and oxygen atoms in total. The average Bonchev–Trinajstić information content (AvgIpc) is 2.50. The van der Waals surface area contributed by atoms with Crippen molar-refractivity contribution in [3.8, 4) is 11.6 Å². The van der Waals surface area contributed by atoms with E-state index >= 15 is 0 Å². The van der Waals surface area contributed by atoms with Gasteiger partial charge in [-0.1, -0.05) is 32.4 Å². The van der Waals surface area contributed by atoms with Crippen LogP contribution in [0, 0.1) is 0 Å². The average molecular weight is 284 g/mol. The van der Waals surface area contributed by atoms with E-state index in [2.05, 4.69) is 36.3 Å². The van der Waals surface area contributed by atoms with Gasteiger partial charge in [-0.25, -0.2) is 4.98 Å². The van der Waals surface area contributed by atoms with Crippen molar-refractivity contribution < 1.29 is 4.74 Å². The molecule has 1 N–H and O–H groups in total. The van der Waals surface area contributed by atoms with Crippen molar-refractivity contribution in [1.82, 2.24) is 10.3 Å². The lowest BCUT2D eigenvalue weighted by Crippen LogP contribution is -2.13. The van der Waals surface area contributed by atoms with Crippen molar-refractivity contribution in [2.75, 3.05) is 6.54 Å². The van der Waals surface area contributed by atoms with Crippen molar-refractivity contribution in [1.29, 1.82) is 0 Å². The smallest absolute Gasteiger partial charge is 0.219 e. The van der Waals surface area contributed by atoms with E-state index in [9.17, 15) is 0 Å². The summed E-state index contributed by atoms with van der Waals surface area (Å²) in [5, 5.41) is 3.38. The topological polar surface area (TPSA) is 34.2 Å². The molecule has 0 spiro atoms. The molecule has 3 heteroatoms. The van der Waals surface area contributed by atoms with E-state index in [-0.39, 0.29) is 0 Å². The highest BCUT2D eigenvalue weighted by atomic mass is 16.5. The lowest BCUT2D eigenvalue weighted by Gasteiger charge is -2.08. The number of pyridine rings is 1. The minimum atomic E-state index is 0.647. The quantitative estimate of drug-likeness (QED) is 0.733. The monoisotopic (exact) mass is 284 g/mol. The van der Waals surface area contributed by atoms with Gasteiger partial charge in [0, 0.05) is 18.8 Å². The van der Waals surface area contributed by atoms with Gasteiger partial charge in [-0.3, -0.25) is 0 Å². The zero-order valence-corrected chi connectivity index (χ0v) is 12.9. The first kappa shape index (κ1) is 15.5. The predicted molar refractivity (Wildman–Crippen MR) is 86.7 cm³/mol. The summed E-state index contributed by atoms with van der Waals surface area (Å²) in [4.78, 5) is 4.27. The molecule has 1 heterocycles. The highest BCUT2D eigenvalue weighted by Gasteiger charge is 2.01. The van der Waals surface area contributed by atoms with Crippen LogP contribution >= 0.6 is 0 Å². The zero-order chi connectivity index (χ0) is 14.9. The van der Waals surface area contributed by atoms with E-state index in [0.29, 0.717) is 5.88 Å².